The minimum Gasteiger partial charge on any atom is -2.00 e. The van der Waals surface area contributed by atoms with Gasteiger partial charge in [0.1, 0.15) is 0 Å². The van der Waals surface area contributed by atoms with E-state index in [1.165, 1.54) is 0 Å². The van der Waals surface area contributed by atoms with Crippen LogP contribution in [-0.2, 0) is 33.7 Å². The molecule has 8 heavy (non-hydrogen) atoms. The van der Waals surface area contributed by atoms with E-state index in [0.717, 1.165) is 0 Å². The predicted molar refractivity (Wildman–Crippen MR) is 28.1 cm³/mol. The summed E-state index contributed by atoms with van der Waals surface area (Å²) in [6, 6.07) is 0. The van der Waals surface area contributed by atoms with E-state index in [1.807, 2.05) is 0 Å². The van der Waals surface area contributed by atoms with Crippen LogP contribution in [0.15, 0.2) is 0 Å². The first-order valence-corrected chi connectivity index (χ1v) is 3.10. The Morgan fingerprint density at radius 2 is 1.25 bits per heavy atom. The van der Waals surface area contributed by atoms with Gasteiger partial charge in [-0.25, -0.2) is 0 Å². The van der Waals surface area contributed by atoms with Crippen molar-refractivity contribution in [2.75, 3.05) is 0 Å². The molecular formula is H2Na2O3S3. The second-order valence-corrected chi connectivity index (χ2v) is 2.65. The van der Waals surface area contributed by atoms with Crippen LogP contribution in [0.3, 0.4) is 0 Å². The topological polar surface area (TPSA) is 57.5 Å². The SMILES string of the molecule is O=S(O)(O)=S.[Na+].[Na+].[S-2]. The van der Waals surface area contributed by atoms with Gasteiger partial charge in [-0.15, -0.1) is 0 Å². The third kappa shape index (κ3) is 72.4. The molecule has 0 aromatic heterocycles. The quantitative estimate of drug-likeness (QED) is 0.375. The molecule has 0 atom stereocenters. The molecule has 3 nitrogen and oxygen atoms in total. The van der Waals surface area contributed by atoms with Crippen LogP contribution < -0.4 is 59.1 Å². The van der Waals surface area contributed by atoms with Crippen LogP contribution in [0.5, 0.6) is 0 Å². The van der Waals surface area contributed by atoms with E-state index in [2.05, 4.69) is 11.2 Å². The molecule has 0 aliphatic heterocycles. The summed E-state index contributed by atoms with van der Waals surface area (Å²) in [4.78, 5) is 0. The third-order valence-electron chi connectivity index (χ3n) is 0. The van der Waals surface area contributed by atoms with Gasteiger partial charge in [0.25, 0.3) is 9.05 Å². The molecule has 0 aliphatic rings. The summed E-state index contributed by atoms with van der Waals surface area (Å²) in [6.45, 7) is 0. The fourth-order valence-corrected chi connectivity index (χ4v) is 0. The Balaban J connectivity index is -0.0000000267. The van der Waals surface area contributed by atoms with Crippen molar-refractivity contribution in [2.45, 2.75) is 0 Å². The zero-order chi connectivity index (χ0) is 4.50. The maximum Gasteiger partial charge on any atom is 1.00 e. The Hall–Kier alpha value is 2.64. The van der Waals surface area contributed by atoms with Gasteiger partial charge in [0.2, 0.25) is 0 Å². The van der Waals surface area contributed by atoms with E-state index in [0.29, 0.717) is 0 Å². The number of hydrogen-bond acceptors (Lipinski definition) is 2. The van der Waals surface area contributed by atoms with E-state index in [4.69, 9.17) is 13.3 Å². The molecule has 0 aliphatic carbocycles. The molecule has 0 amide bonds. The minimum atomic E-state index is -3.83. The molecule has 0 saturated carbocycles. The van der Waals surface area contributed by atoms with E-state index >= 15 is 0 Å². The molecule has 2 N–H and O–H groups in total. The van der Waals surface area contributed by atoms with Crippen LogP contribution >= 0.6 is 0 Å². The Labute approximate surface area is 104 Å². The summed E-state index contributed by atoms with van der Waals surface area (Å²) in [6.07, 6.45) is 0. The minimum absolute atomic E-state index is 0. The Kier molecular flexibility index (Phi) is 27.0. The van der Waals surface area contributed by atoms with Crippen molar-refractivity contribution >= 4 is 33.7 Å². The third-order valence-corrected chi connectivity index (χ3v) is 0. The van der Waals surface area contributed by atoms with Crippen molar-refractivity contribution in [3.05, 3.63) is 0 Å². The number of hydrogen-bond donors (Lipinski definition) is 2. The Bertz CT molecular complexity index is 95.7. The molecule has 0 unspecified atom stereocenters. The van der Waals surface area contributed by atoms with Crippen LogP contribution in [0.2, 0.25) is 0 Å². The molecule has 0 saturated heterocycles. The second-order valence-electron chi connectivity index (χ2n) is 0.448. The average molecular weight is 192 g/mol. The van der Waals surface area contributed by atoms with Gasteiger partial charge in [-0.1, -0.05) is 0 Å². The number of rotatable bonds is 0. The molecule has 0 spiro atoms. The monoisotopic (exact) mass is 192 g/mol. The van der Waals surface area contributed by atoms with E-state index in [9.17, 15) is 0 Å². The van der Waals surface area contributed by atoms with Crippen molar-refractivity contribution < 1.29 is 72.4 Å². The first-order valence-electron chi connectivity index (χ1n) is 0.698. The van der Waals surface area contributed by atoms with Gasteiger partial charge in [-0.3, -0.25) is 9.11 Å². The van der Waals surface area contributed by atoms with Gasteiger partial charge in [0.15, 0.2) is 0 Å². The van der Waals surface area contributed by atoms with Crippen LogP contribution in [-0.4, -0.2) is 13.3 Å². The molecule has 0 radical (unpaired) electrons. The summed E-state index contributed by atoms with van der Waals surface area (Å²) in [5, 5.41) is 0. The van der Waals surface area contributed by atoms with Crippen LogP contribution in [0.4, 0.5) is 0 Å². The predicted octanol–water partition coefficient (Wildman–Crippen LogP) is -6.32. The molecule has 8 heteroatoms. The Morgan fingerprint density at radius 1 is 1.25 bits per heavy atom. The standard InChI is InChI=1S/2Na.H2O3S2.S/c;;1-5(2,3)4;/h;;(H2,1,2,3,4);/q2*+1;;-2. The largest absolute Gasteiger partial charge is 2.00 e. The summed E-state index contributed by atoms with van der Waals surface area (Å²) < 4.78 is 24.0. The normalized spacial score (nSPS) is 7.25. The maximum atomic E-state index is 9.11. The molecular weight excluding hydrogens is 190 g/mol. The summed E-state index contributed by atoms with van der Waals surface area (Å²) >= 11 is 3.47. The Morgan fingerprint density at radius 3 is 1.25 bits per heavy atom. The van der Waals surface area contributed by atoms with Crippen LogP contribution in [0.1, 0.15) is 0 Å². The van der Waals surface area contributed by atoms with Gasteiger partial charge >= 0.3 is 59.1 Å². The molecule has 0 fully saturated rings. The second kappa shape index (κ2) is 9.64. The van der Waals surface area contributed by atoms with Crippen molar-refractivity contribution in [1.29, 1.82) is 0 Å². The fourth-order valence-electron chi connectivity index (χ4n) is 0. The van der Waals surface area contributed by atoms with Crippen molar-refractivity contribution in [3.8, 4) is 0 Å². The van der Waals surface area contributed by atoms with E-state index in [1.54, 1.807) is 0 Å². The summed E-state index contributed by atoms with van der Waals surface area (Å²) in [7, 11) is -3.83. The first-order chi connectivity index (χ1) is 2.00. The zero-order valence-corrected chi connectivity index (χ0v) is 11.0. The van der Waals surface area contributed by atoms with E-state index in [-0.39, 0.29) is 72.6 Å². The van der Waals surface area contributed by atoms with Crippen molar-refractivity contribution in [2.24, 2.45) is 0 Å². The molecule has 0 heterocycles. The van der Waals surface area contributed by atoms with Gasteiger partial charge in [-0.05, 0) is 0 Å². The summed E-state index contributed by atoms with van der Waals surface area (Å²) in [5.41, 5.74) is 0. The van der Waals surface area contributed by atoms with Crippen molar-refractivity contribution in [3.63, 3.8) is 0 Å². The van der Waals surface area contributed by atoms with Crippen LogP contribution in [0, 0.1) is 0 Å². The van der Waals surface area contributed by atoms with Gasteiger partial charge in [-0.2, -0.15) is 4.21 Å². The summed E-state index contributed by atoms with van der Waals surface area (Å²) in [5.74, 6) is 0. The molecule has 0 rings (SSSR count). The van der Waals surface area contributed by atoms with Gasteiger partial charge < -0.3 is 13.5 Å². The van der Waals surface area contributed by atoms with Crippen molar-refractivity contribution in [1.82, 2.24) is 0 Å². The van der Waals surface area contributed by atoms with Gasteiger partial charge in [0.05, 0.1) is 0 Å². The first kappa shape index (κ1) is 22.4. The van der Waals surface area contributed by atoms with Crippen LogP contribution in [0.25, 0.3) is 0 Å². The molecule has 0 bridgehead atoms. The fraction of sp³-hybridized carbons (Fsp3) is 0. The maximum absolute atomic E-state index is 9.11. The molecule has 0 aromatic rings. The molecule has 40 valence electrons. The smallest absolute Gasteiger partial charge is 1.00 e. The van der Waals surface area contributed by atoms with E-state index < -0.39 is 9.05 Å². The molecule has 0 aromatic carbocycles. The van der Waals surface area contributed by atoms with Gasteiger partial charge in [0, 0.05) is 11.2 Å². The zero-order valence-electron chi connectivity index (χ0n) is 4.53. The average Bonchev–Trinajstić information content (AvgIpc) is 0.722.